The lowest BCUT2D eigenvalue weighted by molar-refractivity contribution is 0.0564. The van der Waals surface area contributed by atoms with Crippen LogP contribution in [0.5, 0.6) is 0 Å². The standard InChI is InChI=1S/C19H15N5O2/c25-19(16-9-12-5-1-2-6-14(12)21-16)24-10-13(11-24)18-22-17(23-26-18)15-7-3-4-8-20-15/h1-9,13,21H,10-11H2. The van der Waals surface area contributed by atoms with E-state index in [0.29, 0.717) is 36.2 Å². The largest absolute Gasteiger partial charge is 0.351 e. The number of benzene rings is 1. The van der Waals surface area contributed by atoms with Gasteiger partial charge in [-0.15, -0.1) is 0 Å². The number of aromatic amines is 1. The Labute approximate surface area is 148 Å². The van der Waals surface area contributed by atoms with Gasteiger partial charge >= 0.3 is 0 Å². The Hall–Kier alpha value is -3.48. The van der Waals surface area contributed by atoms with E-state index in [2.05, 4.69) is 20.1 Å². The van der Waals surface area contributed by atoms with E-state index in [4.69, 9.17) is 4.52 Å². The summed E-state index contributed by atoms with van der Waals surface area (Å²) in [6.45, 7) is 1.14. The van der Waals surface area contributed by atoms with Gasteiger partial charge in [0.1, 0.15) is 11.4 Å². The number of nitrogens with one attached hydrogen (secondary N) is 1. The fourth-order valence-electron chi connectivity index (χ4n) is 3.16. The lowest BCUT2D eigenvalue weighted by Gasteiger charge is -2.36. The zero-order valence-electron chi connectivity index (χ0n) is 13.8. The molecule has 1 aliphatic heterocycles. The molecule has 0 spiro atoms. The molecule has 5 rings (SSSR count). The van der Waals surface area contributed by atoms with Crippen molar-refractivity contribution in [2.75, 3.05) is 13.1 Å². The van der Waals surface area contributed by atoms with E-state index in [-0.39, 0.29) is 11.8 Å². The van der Waals surface area contributed by atoms with Crippen LogP contribution >= 0.6 is 0 Å². The quantitative estimate of drug-likeness (QED) is 0.617. The van der Waals surface area contributed by atoms with Crippen LogP contribution in [0.2, 0.25) is 0 Å². The molecule has 1 fully saturated rings. The normalized spacial score (nSPS) is 14.5. The van der Waals surface area contributed by atoms with Crippen molar-refractivity contribution >= 4 is 16.8 Å². The van der Waals surface area contributed by atoms with E-state index in [1.54, 1.807) is 11.1 Å². The molecule has 1 saturated heterocycles. The highest BCUT2D eigenvalue weighted by molar-refractivity contribution is 5.98. The van der Waals surface area contributed by atoms with Gasteiger partial charge in [-0.3, -0.25) is 9.78 Å². The Morgan fingerprint density at radius 2 is 2.00 bits per heavy atom. The van der Waals surface area contributed by atoms with Crippen molar-refractivity contribution < 1.29 is 9.32 Å². The molecule has 128 valence electrons. The van der Waals surface area contributed by atoms with Crippen LogP contribution in [-0.2, 0) is 0 Å². The average Bonchev–Trinajstić information content (AvgIpc) is 3.28. The third-order valence-corrected chi connectivity index (χ3v) is 4.61. The highest BCUT2D eigenvalue weighted by Crippen LogP contribution is 2.29. The minimum Gasteiger partial charge on any atom is -0.351 e. The van der Waals surface area contributed by atoms with Crippen LogP contribution in [0.4, 0.5) is 0 Å². The topological polar surface area (TPSA) is 87.9 Å². The van der Waals surface area contributed by atoms with Crippen molar-refractivity contribution in [2.45, 2.75) is 5.92 Å². The summed E-state index contributed by atoms with van der Waals surface area (Å²) in [6, 6.07) is 15.3. The maximum Gasteiger partial charge on any atom is 0.270 e. The third-order valence-electron chi connectivity index (χ3n) is 4.61. The van der Waals surface area contributed by atoms with E-state index in [1.165, 1.54) is 0 Å². The summed E-state index contributed by atoms with van der Waals surface area (Å²) in [6.07, 6.45) is 1.69. The number of rotatable bonds is 3. The SMILES string of the molecule is O=C(c1cc2ccccc2[nH]1)N1CC(c2nc(-c3ccccn3)no2)C1. The molecule has 0 saturated carbocycles. The van der Waals surface area contributed by atoms with Crippen molar-refractivity contribution in [3.05, 3.63) is 66.3 Å². The summed E-state index contributed by atoms with van der Waals surface area (Å²) in [4.78, 5) is 26.2. The van der Waals surface area contributed by atoms with Crippen LogP contribution in [0.3, 0.4) is 0 Å². The van der Waals surface area contributed by atoms with Gasteiger partial charge < -0.3 is 14.4 Å². The molecule has 26 heavy (non-hydrogen) atoms. The van der Waals surface area contributed by atoms with Gasteiger partial charge in [-0.25, -0.2) is 0 Å². The average molecular weight is 345 g/mol. The van der Waals surface area contributed by atoms with E-state index >= 15 is 0 Å². The molecule has 7 nitrogen and oxygen atoms in total. The van der Waals surface area contributed by atoms with Crippen molar-refractivity contribution in [3.63, 3.8) is 0 Å². The van der Waals surface area contributed by atoms with Crippen molar-refractivity contribution in [2.24, 2.45) is 0 Å². The second-order valence-corrected chi connectivity index (χ2v) is 6.35. The van der Waals surface area contributed by atoms with Gasteiger partial charge in [0.2, 0.25) is 11.7 Å². The molecular weight excluding hydrogens is 330 g/mol. The number of hydrogen-bond donors (Lipinski definition) is 1. The summed E-state index contributed by atoms with van der Waals surface area (Å²) >= 11 is 0. The van der Waals surface area contributed by atoms with Gasteiger partial charge in [-0.05, 0) is 24.3 Å². The molecule has 0 bridgehead atoms. The number of carbonyl (C=O) groups excluding carboxylic acids is 1. The van der Waals surface area contributed by atoms with Gasteiger partial charge in [0.15, 0.2) is 0 Å². The third kappa shape index (κ3) is 2.45. The summed E-state index contributed by atoms with van der Waals surface area (Å²) in [5.74, 6) is 1.07. The number of carbonyl (C=O) groups is 1. The van der Waals surface area contributed by atoms with Gasteiger partial charge in [0.05, 0.1) is 5.92 Å². The molecule has 7 heteroatoms. The summed E-state index contributed by atoms with van der Waals surface area (Å²) in [5, 5.41) is 5.02. The molecule has 1 amide bonds. The molecule has 4 aromatic rings. The fourth-order valence-corrected chi connectivity index (χ4v) is 3.16. The Morgan fingerprint density at radius 3 is 2.81 bits per heavy atom. The van der Waals surface area contributed by atoms with Crippen LogP contribution in [-0.4, -0.2) is 44.0 Å². The number of likely N-dealkylation sites (tertiary alicyclic amines) is 1. The Kier molecular flexibility index (Phi) is 3.31. The van der Waals surface area contributed by atoms with Crippen LogP contribution in [0.15, 0.2) is 59.3 Å². The summed E-state index contributed by atoms with van der Waals surface area (Å²) in [7, 11) is 0. The van der Waals surface area contributed by atoms with E-state index < -0.39 is 0 Å². The minimum absolute atomic E-state index is 0.0121. The smallest absolute Gasteiger partial charge is 0.270 e. The van der Waals surface area contributed by atoms with Crippen molar-refractivity contribution in [3.8, 4) is 11.5 Å². The van der Waals surface area contributed by atoms with Gasteiger partial charge in [0.25, 0.3) is 5.91 Å². The summed E-state index contributed by atoms with van der Waals surface area (Å²) < 4.78 is 5.36. The molecule has 0 unspecified atom stereocenters. The Morgan fingerprint density at radius 1 is 1.15 bits per heavy atom. The summed E-state index contributed by atoms with van der Waals surface area (Å²) in [5.41, 5.74) is 2.24. The van der Waals surface area contributed by atoms with Crippen LogP contribution in [0.25, 0.3) is 22.4 Å². The van der Waals surface area contributed by atoms with Gasteiger partial charge in [-0.2, -0.15) is 4.98 Å². The molecule has 1 N–H and O–H groups in total. The fraction of sp³-hybridized carbons (Fsp3) is 0.158. The zero-order chi connectivity index (χ0) is 17.5. The molecule has 0 aliphatic carbocycles. The van der Waals surface area contributed by atoms with Crippen LogP contribution in [0.1, 0.15) is 22.3 Å². The number of H-pyrrole nitrogens is 1. The first-order chi connectivity index (χ1) is 12.8. The predicted molar refractivity (Wildman–Crippen MR) is 94.5 cm³/mol. The second-order valence-electron chi connectivity index (χ2n) is 6.35. The van der Waals surface area contributed by atoms with Crippen molar-refractivity contribution in [1.29, 1.82) is 0 Å². The van der Waals surface area contributed by atoms with E-state index in [1.807, 2.05) is 48.5 Å². The molecular formula is C19H15N5O2. The van der Waals surface area contributed by atoms with Crippen LogP contribution < -0.4 is 0 Å². The van der Waals surface area contributed by atoms with Crippen LogP contribution in [0, 0.1) is 0 Å². The molecule has 4 heterocycles. The lowest BCUT2D eigenvalue weighted by Crippen LogP contribution is -2.48. The minimum atomic E-state index is -0.0121. The predicted octanol–water partition coefficient (Wildman–Crippen LogP) is 2.85. The number of para-hydroxylation sites is 1. The molecule has 0 radical (unpaired) electrons. The number of nitrogens with zero attached hydrogens (tertiary/aromatic N) is 4. The first kappa shape index (κ1) is 14.8. The first-order valence-corrected chi connectivity index (χ1v) is 8.40. The molecule has 0 atom stereocenters. The number of hydrogen-bond acceptors (Lipinski definition) is 5. The number of amides is 1. The lowest BCUT2D eigenvalue weighted by atomic mass is 9.99. The van der Waals surface area contributed by atoms with E-state index in [0.717, 1.165) is 10.9 Å². The maximum absolute atomic E-state index is 12.6. The number of aromatic nitrogens is 4. The maximum atomic E-state index is 12.6. The Bertz CT molecular complexity index is 1050. The monoisotopic (exact) mass is 345 g/mol. The molecule has 1 aromatic carbocycles. The first-order valence-electron chi connectivity index (χ1n) is 8.40. The highest BCUT2D eigenvalue weighted by Gasteiger charge is 2.36. The van der Waals surface area contributed by atoms with Gasteiger partial charge in [0, 0.05) is 30.2 Å². The zero-order valence-corrected chi connectivity index (χ0v) is 13.8. The molecule has 1 aliphatic rings. The van der Waals surface area contributed by atoms with E-state index in [9.17, 15) is 4.79 Å². The highest BCUT2D eigenvalue weighted by atomic mass is 16.5. The number of fused-ring (bicyclic) bond motifs is 1. The van der Waals surface area contributed by atoms with Gasteiger partial charge in [-0.1, -0.05) is 29.4 Å². The Balaban J connectivity index is 1.28. The molecule has 3 aromatic heterocycles. The van der Waals surface area contributed by atoms with Crippen molar-refractivity contribution in [1.82, 2.24) is 25.0 Å². The number of pyridine rings is 1. The second kappa shape index (κ2) is 5.80.